The second kappa shape index (κ2) is 8.18. The SMILES string of the molecule is CCCN(CCC)C(CN)c1ccc(OC)c(C)c1. The Kier molecular flexibility index (Phi) is 6.89. The lowest BCUT2D eigenvalue weighted by Gasteiger charge is -2.31. The van der Waals surface area contributed by atoms with E-state index in [0.29, 0.717) is 12.6 Å². The molecule has 1 atom stereocenters. The molecule has 19 heavy (non-hydrogen) atoms. The summed E-state index contributed by atoms with van der Waals surface area (Å²) in [7, 11) is 1.71. The highest BCUT2D eigenvalue weighted by Crippen LogP contribution is 2.26. The zero-order chi connectivity index (χ0) is 14.3. The summed E-state index contributed by atoms with van der Waals surface area (Å²) in [5, 5.41) is 0. The molecular formula is C16H28N2O. The highest BCUT2D eigenvalue weighted by atomic mass is 16.5. The molecule has 0 fully saturated rings. The van der Waals surface area contributed by atoms with Crippen LogP contribution in [-0.2, 0) is 0 Å². The maximum absolute atomic E-state index is 6.01. The Morgan fingerprint density at radius 2 is 1.84 bits per heavy atom. The van der Waals surface area contributed by atoms with Crippen LogP contribution in [0, 0.1) is 6.92 Å². The molecule has 1 rings (SSSR count). The Morgan fingerprint density at radius 1 is 1.21 bits per heavy atom. The van der Waals surface area contributed by atoms with Crippen molar-refractivity contribution in [1.29, 1.82) is 0 Å². The van der Waals surface area contributed by atoms with Crippen molar-refractivity contribution >= 4 is 0 Å². The van der Waals surface area contributed by atoms with E-state index in [0.717, 1.165) is 31.7 Å². The number of aryl methyl sites for hydroxylation is 1. The van der Waals surface area contributed by atoms with Crippen LogP contribution >= 0.6 is 0 Å². The van der Waals surface area contributed by atoms with Crippen LogP contribution < -0.4 is 10.5 Å². The van der Waals surface area contributed by atoms with Crippen molar-refractivity contribution < 1.29 is 4.74 Å². The lowest BCUT2D eigenvalue weighted by atomic mass is 10.0. The van der Waals surface area contributed by atoms with E-state index in [-0.39, 0.29) is 0 Å². The van der Waals surface area contributed by atoms with Gasteiger partial charge in [-0.3, -0.25) is 4.90 Å². The summed E-state index contributed by atoms with van der Waals surface area (Å²) >= 11 is 0. The van der Waals surface area contributed by atoms with Crippen LogP contribution in [0.5, 0.6) is 5.75 Å². The van der Waals surface area contributed by atoms with Crippen molar-refractivity contribution in [3.8, 4) is 5.75 Å². The predicted octanol–water partition coefficient (Wildman–Crippen LogP) is 3.13. The van der Waals surface area contributed by atoms with Crippen LogP contribution in [0.1, 0.15) is 43.9 Å². The molecule has 2 N–H and O–H groups in total. The number of ether oxygens (including phenoxy) is 1. The maximum atomic E-state index is 6.01. The minimum atomic E-state index is 0.310. The molecule has 1 aromatic rings. The molecule has 0 aliphatic carbocycles. The van der Waals surface area contributed by atoms with E-state index < -0.39 is 0 Å². The largest absolute Gasteiger partial charge is 0.496 e. The fourth-order valence-corrected chi connectivity index (χ4v) is 2.60. The van der Waals surface area contributed by atoms with Crippen LogP contribution in [-0.4, -0.2) is 31.6 Å². The van der Waals surface area contributed by atoms with Gasteiger partial charge in [0.05, 0.1) is 7.11 Å². The monoisotopic (exact) mass is 264 g/mol. The molecule has 0 aromatic heterocycles. The Bertz CT molecular complexity index is 373. The normalized spacial score (nSPS) is 12.7. The number of nitrogens with two attached hydrogens (primary N) is 1. The molecule has 0 aliphatic rings. The van der Waals surface area contributed by atoms with Gasteiger partial charge in [-0.2, -0.15) is 0 Å². The summed E-state index contributed by atoms with van der Waals surface area (Å²) in [5.41, 5.74) is 8.48. The Hall–Kier alpha value is -1.06. The zero-order valence-electron chi connectivity index (χ0n) is 12.8. The first-order valence-electron chi connectivity index (χ1n) is 7.26. The standard InChI is InChI=1S/C16H28N2O/c1-5-9-18(10-6-2)15(12-17)14-7-8-16(19-4)13(3)11-14/h7-8,11,15H,5-6,9-10,12,17H2,1-4H3. The molecule has 1 aromatic carbocycles. The van der Waals surface area contributed by atoms with Crippen LogP contribution in [0.25, 0.3) is 0 Å². The minimum absolute atomic E-state index is 0.310. The van der Waals surface area contributed by atoms with Gasteiger partial charge >= 0.3 is 0 Å². The maximum Gasteiger partial charge on any atom is 0.121 e. The average molecular weight is 264 g/mol. The molecule has 0 spiro atoms. The number of methoxy groups -OCH3 is 1. The molecule has 3 nitrogen and oxygen atoms in total. The summed E-state index contributed by atoms with van der Waals surface area (Å²) < 4.78 is 5.32. The summed E-state index contributed by atoms with van der Waals surface area (Å²) in [6, 6.07) is 6.70. The summed E-state index contributed by atoms with van der Waals surface area (Å²) in [5.74, 6) is 0.942. The van der Waals surface area contributed by atoms with Crippen molar-refractivity contribution in [3.63, 3.8) is 0 Å². The molecule has 0 heterocycles. The average Bonchev–Trinajstić information content (AvgIpc) is 2.40. The number of rotatable bonds is 8. The molecule has 0 bridgehead atoms. The molecule has 0 aliphatic heterocycles. The lowest BCUT2D eigenvalue weighted by Crippen LogP contribution is -2.35. The second-order valence-electron chi connectivity index (χ2n) is 5.02. The van der Waals surface area contributed by atoms with Gasteiger partial charge in [0.15, 0.2) is 0 Å². The Morgan fingerprint density at radius 3 is 2.26 bits per heavy atom. The molecule has 0 radical (unpaired) electrons. The fourth-order valence-electron chi connectivity index (χ4n) is 2.60. The van der Waals surface area contributed by atoms with Crippen molar-refractivity contribution in [3.05, 3.63) is 29.3 Å². The van der Waals surface area contributed by atoms with Crippen LogP contribution in [0.15, 0.2) is 18.2 Å². The molecule has 0 saturated carbocycles. The highest BCUT2D eigenvalue weighted by molar-refractivity contribution is 5.37. The van der Waals surface area contributed by atoms with Gasteiger partial charge in [-0.1, -0.05) is 26.0 Å². The predicted molar refractivity (Wildman–Crippen MR) is 81.7 cm³/mol. The third-order valence-electron chi connectivity index (χ3n) is 3.49. The van der Waals surface area contributed by atoms with Gasteiger partial charge < -0.3 is 10.5 Å². The van der Waals surface area contributed by atoms with Crippen LogP contribution in [0.4, 0.5) is 0 Å². The third kappa shape index (κ3) is 4.22. The lowest BCUT2D eigenvalue weighted by molar-refractivity contribution is 0.202. The molecular weight excluding hydrogens is 236 g/mol. The quantitative estimate of drug-likeness (QED) is 0.784. The van der Waals surface area contributed by atoms with Crippen molar-refractivity contribution in [1.82, 2.24) is 4.90 Å². The molecule has 1 unspecified atom stereocenters. The van der Waals surface area contributed by atoms with Gasteiger partial charge in [0.1, 0.15) is 5.75 Å². The molecule has 0 amide bonds. The number of hydrogen-bond acceptors (Lipinski definition) is 3. The zero-order valence-corrected chi connectivity index (χ0v) is 12.8. The van der Waals surface area contributed by atoms with E-state index in [1.165, 1.54) is 11.1 Å². The van der Waals surface area contributed by atoms with Gasteiger partial charge in [-0.15, -0.1) is 0 Å². The Balaban J connectivity index is 2.96. The molecule has 0 saturated heterocycles. The van der Waals surface area contributed by atoms with E-state index in [1.54, 1.807) is 7.11 Å². The number of benzene rings is 1. The van der Waals surface area contributed by atoms with E-state index in [2.05, 4.69) is 37.8 Å². The first kappa shape index (κ1) is 16.0. The molecule has 108 valence electrons. The number of nitrogens with zero attached hydrogens (tertiary/aromatic N) is 1. The summed E-state index contributed by atoms with van der Waals surface area (Å²) in [6.07, 6.45) is 2.32. The van der Waals surface area contributed by atoms with Crippen molar-refractivity contribution in [2.45, 2.75) is 39.7 Å². The smallest absolute Gasteiger partial charge is 0.121 e. The van der Waals surface area contributed by atoms with Gasteiger partial charge in [0.25, 0.3) is 0 Å². The van der Waals surface area contributed by atoms with E-state index in [9.17, 15) is 0 Å². The van der Waals surface area contributed by atoms with E-state index in [4.69, 9.17) is 10.5 Å². The third-order valence-corrected chi connectivity index (χ3v) is 3.49. The van der Waals surface area contributed by atoms with Crippen molar-refractivity contribution in [2.24, 2.45) is 5.73 Å². The van der Waals surface area contributed by atoms with Crippen LogP contribution in [0.3, 0.4) is 0 Å². The minimum Gasteiger partial charge on any atom is -0.496 e. The molecule has 3 heteroatoms. The van der Waals surface area contributed by atoms with E-state index in [1.807, 2.05) is 6.07 Å². The van der Waals surface area contributed by atoms with Gasteiger partial charge in [0, 0.05) is 12.6 Å². The van der Waals surface area contributed by atoms with Crippen LogP contribution in [0.2, 0.25) is 0 Å². The first-order chi connectivity index (χ1) is 9.17. The van der Waals surface area contributed by atoms with E-state index >= 15 is 0 Å². The fraction of sp³-hybridized carbons (Fsp3) is 0.625. The highest BCUT2D eigenvalue weighted by Gasteiger charge is 2.18. The summed E-state index contributed by atoms with van der Waals surface area (Å²) in [4.78, 5) is 2.49. The number of hydrogen-bond donors (Lipinski definition) is 1. The van der Waals surface area contributed by atoms with Gasteiger partial charge in [0.2, 0.25) is 0 Å². The van der Waals surface area contributed by atoms with Gasteiger partial charge in [-0.25, -0.2) is 0 Å². The Labute approximate surface area is 117 Å². The second-order valence-corrected chi connectivity index (χ2v) is 5.02. The first-order valence-corrected chi connectivity index (χ1v) is 7.26. The topological polar surface area (TPSA) is 38.5 Å². The van der Waals surface area contributed by atoms with Gasteiger partial charge in [-0.05, 0) is 50.0 Å². The summed E-state index contributed by atoms with van der Waals surface area (Å²) in [6.45, 7) is 9.37. The van der Waals surface area contributed by atoms with Crippen molar-refractivity contribution in [2.75, 3.05) is 26.7 Å².